The zero-order valence-electron chi connectivity index (χ0n) is 15.2. The summed E-state index contributed by atoms with van der Waals surface area (Å²) in [6.07, 6.45) is 8.13. The average Bonchev–Trinajstić information content (AvgIpc) is 3.46. The number of piperidine rings is 2. The van der Waals surface area contributed by atoms with Crippen molar-refractivity contribution < 1.29 is 13.2 Å². The summed E-state index contributed by atoms with van der Waals surface area (Å²) in [5.41, 5.74) is 1.51. The first kappa shape index (κ1) is 17.9. The largest absolute Gasteiger partial charge is 0.336 e. The molecule has 4 rings (SSSR count). The first-order chi connectivity index (χ1) is 12.4. The molecular formula is C18H26N4O3S. The molecule has 7 nitrogen and oxygen atoms in total. The molecule has 3 heterocycles. The summed E-state index contributed by atoms with van der Waals surface area (Å²) in [5, 5.41) is -0.165. The standard InChI is InChI=1S/C18H26N4O3S/c1-14-9-20-15(10-19-14)11-21-12-18(7-5-17(21)23)6-2-8-22(13-18)26(24,25)16-3-4-16/h9-10,16H,2-8,11-13H2,1H3. The van der Waals surface area contributed by atoms with Crippen LogP contribution in [0.2, 0.25) is 0 Å². The summed E-state index contributed by atoms with van der Waals surface area (Å²) in [7, 11) is -3.15. The summed E-state index contributed by atoms with van der Waals surface area (Å²) in [6.45, 7) is 4.11. The Bertz CT molecular complexity index is 791. The van der Waals surface area contributed by atoms with Crippen LogP contribution in [0.3, 0.4) is 0 Å². The lowest BCUT2D eigenvalue weighted by molar-refractivity contribution is -0.139. The number of likely N-dealkylation sites (tertiary alicyclic amines) is 1. The quantitative estimate of drug-likeness (QED) is 0.792. The maximum Gasteiger partial charge on any atom is 0.222 e. The molecule has 8 heteroatoms. The van der Waals surface area contributed by atoms with E-state index in [9.17, 15) is 13.2 Å². The molecule has 1 spiro atoms. The summed E-state index contributed by atoms with van der Waals surface area (Å²) < 4.78 is 27.0. The molecule has 3 aliphatic rings. The van der Waals surface area contributed by atoms with Gasteiger partial charge in [-0.3, -0.25) is 14.8 Å². The van der Waals surface area contributed by atoms with Gasteiger partial charge in [-0.25, -0.2) is 12.7 Å². The Morgan fingerprint density at radius 3 is 2.69 bits per heavy atom. The number of amides is 1. The van der Waals surface area contributed by atoms with Crippen molar-refractivity contribution in [1.82, 2.24) is 19.2 Å². The highest BCUT2D eigenvalue weighted by Gasteiger charge is 2.47. The van der Waals surface area contributed by atoms with E-state index >= 15 is 0 Å². The number of aromatic nitrogens is 2. The van der Waals surface area contributed by atoms with E-state index in [1.165, 1.54) is 0 Å². The van der Waals surface area contributed by atoms with E-state index in [0.29, 0.717) is 32.6 Å². The van der Waals surface area contributed by atoms with Crippen molar-refractivity contribution in [1.29, 1.82) is 0 Å². The fraction of sp³-hybridized carbons (Fsp3) is 0.722. The van der Waals surface area contributed by atoms with Crippen LogP contribution < -0.4 is 0 Å². The molecule has 1 unspecified atom stereocenters. The molecule has 142 valence electrons. The van der Waals surface area contributed by atoms with Crippen molar-refractivity contribution in [3.63, 3.8) is 0 Å². The molecule has 3 fully saturated rings. The Morgan fingerprint density at radius 2 is 2.00 bits per heavy atom. The van der Waals surface area contributed by atoms with E-state index in [-0.39, 0.29) is 16.6 Å². The van der Waals surface area contributed by atoms with Gasteiger partial charge in [0, 0.05) is 37.7 Å². The molecule has 1 aliphatic carbocycles. The van der Waals surface area contributed by atoms with E-state index < -0.39 is 10.0 Å². The Hall–Kier alpha value is -1.54. The molecule has 1 saturated carbocycles. The smallest absolute Gasteiger partial charge is 0.222 e. The minimum absolute atomic E-state index is 0.119. The monoisotopic (exact) mass is 378 g/mol. The summed E-state index contributed by atoms with van der Waals surface area (Å²) in [6, 6.07) is 0. The lowest BCUT2D eigenvalue weighted by Gasteiger charge is -2.47. The predicted molar refractivity (Wildman–Crippen MR) is 96.6 cm³/mol. The van der Waals surface area contributed by atoms with Crippen molar-refractivity contribution in [3.8, 4) is 0 Å². The third kappa shape index (κ3) is 3.49. The van der Waals surface area contributed by atoms with Crippen molar-refractivity contribution in [3.05, 3.63) is 23.8 Å². The lowest BCUT2D eigenvalue weighted by atomic mass is 9.74. The van der Waals surface area contributed by atoms with E-state index in [1.807, 2.05) is 11.8 Å². The number of nitrogens with zero attached hydrogens (tertiary/aromatic N) is 4. The van der Waals surface area contributed by atoms with E-state index in [1.54, 1.807) is 16.7 Å². The van der Waals surface area contributed by atoms with Gasteiger partial charge in [0.05, 0.1) is 29.4 Å². The Labute approximate surface area is 154 Å². The van der Waals surface area contributed by atoms with Crippen molar-refractivity contribution in [2.45, 2.75) is 57.2 Å². The number of hydrogen-bond donors (Lipinski definition) is 0. The number of aryl methyl sites for hydroxylation is 1. The van der Waals surface area contributed by atoms with Gasteiger partial charge < -0.3 is 4.90 Å². The Morgan fingerprint density at radius 1 is 1.19 bits per heavy atom. The minimum atomic E-state index is -3.15. The van der Waals surface area contributed by atoms with Gasteiger partial charge in [-0.2, -0.15) is 0 Å². The van der Waals surface area contributed by atoms with Crippen LogP contribution in [0.4, 0.5) is 0 Å². The van der Waals surface area contributed by atoms with E-state index in [2.05, 4.69) is 9.97 Å². The van der Waals surface area contributed by atoms with E-state index in [0.717, 1.165) is 43.5 Å². The number of hydrogen-bond acceptors (Lipinski definition) is 5. The van der Waals surface area contributed by atoms with Crippen LogP contribution in [-0.4, -0.2) is 58.4 Å². The maximum absolute atomic E-state index is 12.7. The van der Waals surface area contributed by atoms with E-state index in [4.69, 9.17) is 0 Å². The second-order valence-electron chi connectivity index (χ2n) is 8.08. The molecule has 1 atom stereocenters. The SMILES string of the molecule is Cc1cnc(CN2CC3(CCCN(S(=O)(=O)C4CC4)C3)CCC2=O)cn1. The minimum Gasteiger partial charge on any atom is -0.336 e. The fourth-order valence-electron chi connectivity index (χ4n) is 4.23. The van der Waals surface area contributed by atoms with Crippen LogP contribution in [0, 0.1) is 12.3 Å². The molecule has 1 aromatic heterocycles. The number of carbonyl (C=O) groups excluding carboxylic acids is 1. The van der Waals surface area contributed by atoms with Crippen LogP contribution in [-0.2, 0) is 21.4 Å². The fourth-order valence-corrected chi connectivity index (χ4v) is 6.22. The van der Waals surface area contributed by atoms with Crippen LogP contribution in [0.25, 0.3) is 0 Å². The third-order valence-corrected chi connectivity index (χ3v) is 8.21. The molecule has 1 amide bonds. The lowest BCUT2D eigenvalue weighted by Crippen LogP contribution is -2.55. The van der Waals surface area contributed by atoms with Crippen LogP contribution >= 0.6 is 0 Å². The first-order valence-electron chi connectivity index (χ1n) is 9.42. The average molecular weight is 378 g/mol. The zero-order chi connectivity index (χ0) is 18.4. The van der Waals surface area contributed by atoms with Crippen molar-refractivity contribution >= 4 is 15.9 Å². The third-order valence-electron chi connectivity index (χ3n) is 5.87. The maximum atomic E-state index is 12.7. The molecule has 2 aliphatic heterocycles. The molecule has 0 aromatic carbocycles. The second-order valence-corrected chi connectivity index (χ2v) is 10.3. The summed E-state index contributed by atoms with van der Waals surface area (Å²) in [4.78, 5) is 22.9. The summed E-state index contributed by atoms with van der Waals surface area (Å²) >= 11 is 0. The normalized spacial score (nSPS) is 27.9. The highest BCUT2D eigenvalue weighted by atomic mass is 32.2. The highest BCUT2D eigenvalue weighted by molar-refractivity contribution is 7.90. The zero-order valence-corrected chi connectivity index (χ0v) is 16.0. The van der Waals surface area contributed by atoms with Gasteiger partial charge in [-0.15, -0.1) is 0 Å². The van der Waals surface area contributed by atoms with Crippen LogP contribution in [0.15, 0.2) is 12.4 Å². The number of sulfonamides is 1. The van der Waals surface area contributed by atoms with Gasteiger partial charge in [0.25, 0.3) is 0 Å². The van der Waals surface area contributed by atoms with Crippen LogP contribution in [0.1, 0.15) is 49.9 Å². The molecule has 2 saturated heterocycles. The molecule has 0 radical (unpaired) electrons. The van der Waals surface area contributed by atoms with Gasteiger partial charge >= 0.3 is 0 Å². The molecule has 26 heavy (non-hydrogen) atoms. The number of rotatable bonds is 4. The summed E-state index contributed by atoms with van der Waals surface area (Å²) in [5.74, 6) is 0.125. The van der Waals surface area contributed by atoms with Gasteiger partial charge in [-0.1, -0.05) is 0 Å². The van der Waals surface area contributed by atoms with Gasteiger partial charge in [0.2, 0.25) is 15.9 Å². The van der Waals surface area contributed by atoms with Crippen LogP contribution in [0.5, 0.6) is 0 Å². The topological polar surface area (TPSA) is 83.5 Å². The Balaban J connectivity index is 1.49. The van der Waals surface area contributed by atoms with Crippen molar-refractivity contribution in [2.24, 2.45) is 5.41 Å². The highest BCUT2D eigenvalue weighted by Crippen LogP contribution is 2.42. The molecule has 0 N–H and O–H groups in total. The van der Waals surface area contributed by atoms with Gasteiger partial charge in [0.1, 0.15) is 0 Å². The second kappa shape index (κ2) is 6.56. The van der Waals surface area contributed by atoms with Gasteiger partial charge in [0.15, 0.2) is 0 Å². The predicted octanol–water partition coefficient (Wildman–Crippen LogP) is 1.48. The van der Waals surface area contributed by atoms with Crippen molar-refractivity contribution in [2.75, 3.05) is 19.6 Å². The van der Waals surface area contributed by atoms with Gasteiger partial charge in [-0.05, 0) is 39.0 Å². The number of carbonyl (C=O) groups is 1. The molecular weight excluding hydrogens is 352 g/mol. The first-order valence-corrected chi connectivity index (χ1v) is 10.9. The Kier molecular flexibility index (Phi) is 4.51. The molecule has 1 aromatic rings. The molecule has 0 bridgehead atoms.